The van der Waals surface area contributed by atoms with Crippen LogP contribution in [0.2, 0.25) is 0 Å². The molecule has 7 nitrogen and oxygen atoms in total. The fourth-order valence-corrected chi connectivity index (χ4v) is 2.44. The van der Waals surface area contributed by atoms with Gasteiger partial charge in [0.15, 0.2) is 0 Å². The lowest BCUT2D eigenvalue weighted by molar-refractivity contribution is -0.128. The fraction of sp³-hybridized carbons (Fsp3) is 0.857. The first-order valence-electron chi connectivity index (χ1n) is 10.5. The molecule has 2 unspecified atom stereocenters. The summed E-state index contributed by atoms with van der Waals surface area (Å²) in [5.74, 6) is 1.07. The third-order valence-corrected chi connectivity index (χ3v) is 3.43. The quantitative estimate of drug-likeness (QED) is 0.701. The van der Waals surface area contributed by atoms with Gasteiger partial charge in [0.05, 0.1) is 20.3 Å². The summed E-state index contributed by atoms with van der Waals surface area (Å²) in [6.45, 7) is 16.3. The van der Waals surface area contributed by atoms with Crippen LogP contribution >= 0.6 is 0 Å². The van der Waals surface area contributed by atoms with E-state index in [0.29, 0.717) is 19.4 Å². The number of piperidine rings is 1. The Morgan fingerprint density at radius 3 is 1.82 bits per heavy atom. The van der Waals surface area contributed by atoms with Crippen LogP contribution in [0.5, 0.6) is 0 Å². The van der Waals surface area contributed by atoms with Gasteiger partial charge in [-0.15, -0.1) is 0 Å². The molecule has 2 aliphatic rings. The third kappa shape index (κ3) is 24.4. The van der Waals surface area contributed by atoms with Gasteiger partial charge in [-0.3, -0.25) is 4.79 Å². The molecule has 1 heterocycles. The number of hydrogen-bond donors (Lipinski definition) is 1. The minimum atomic E-state index is -0.586. The van der Waals surface area contributed by atoms with Gasteiger partial charge in [-0.2, -0.15) is 0 Å². The number of methoxy groups -OCH3 is 1. The Morgan fingerprint density at radius 1 is 1.11 bits per heavy atom. The molecule has 170 valence electrons. The average Bonchev–Trinajstić information content (AvgIpc) is 3.34. The normalized spacial score (nSPS) is 17.6. The molecule has 2 bridgehead atoms. The predicted molar refractivity (Wildman–Crippen MR) is 117 cm³/mol. The number of aldehydes is 1. The van der Waals surface area contributed by atoms with E-state index in [0.717, 1.165) is 12.0 Å². The second-order valence-electron chi connectivity index (χ2n) is 5.57. The summed E-state index contributed by atoms with van der Waals surface area (Å²) in [5, 5.41) is 2.15. The molecular formula is C21H46N2O5. The first kappa shape index (κ1) is 33.9. The van der Waals surface area contributed by atoms with Crippen LogP contribution in [0.3, 0.4) is 0 Å². The van der Waals surface area contributed by atoms with E-state index in [-0.39, 0.29) is 6.54 Å². The Morgan fingerprint density at radius 2 is 1.64 bits per heavy atom. The number of carbonyl (C=O) groups is 3. The van der Waals surface area contributed by atoms with Gasteiger partial charge in [0.25, 0.3) is 6.47 Å². The summed E-state index contributed by atoms with van der Waals surface area (Å²) < 4.78 is 8.30. The minimum Gasteiger partial charge on any atom is -0.468 e. The number of fused-ring (bicyclic) bond motifs is 2. The fourth-order valence-electron chi connectivity index (χ4n) is 2.44. The zero-order valence-electron chi connectivity index (χ0n) is 19.7. The number of amides is 1. The molecule has 0 aromatic heterocycles. The van der Waals surface area contributed by atoms with Crippen LogP contribution in [-0.4, -0.2) is 63.6 Å². The Hall–Kier alpha value is -1.63. The van der Waals surface area contributed by atoms with Crippen LogP contribution < -0.4 is 5.32 Å². The molecule has 0 radical (unpaired) electrons. The number of nitrogens with one attached hydrogen (secondary N) is 1. The molecule has 28 heavy (non-hydrogen) atoms. The van der Waals surface area contributed by atoms with E-state index in [4.69, 9.17) is 0 Å². The number of likely N-dealkylation sites (tertiary alicyclic amines) is 1. The molecule has 7 heteroatoms. The lowest BCUT2D eigenvalue weighted by Crippen LogP contribution is -2.27. The predicted octanol–water partition coefficient (Wildman–Crippen LogP) is 4.29. The summed E-state index contributed by atoms with van der Waals surface area (Å²) in [6.07, 6.45) is 5.72. The smallest absolute Gasteiger partial charge is 0.407 e. The van der Waals surface area contributed by atoms with Gasteiger partial charge in [0.2, 0.25) is 0 Å². The average molecular weight is 407 g/mol. The van der Waals surface area contributed by atoms with Crippen LogP contribution in [0.15, 0.2) is 0 Å². The molecular weight excluding hydrogens is 360 g/mol. The van der Waals surface area contributed by atoms with E-state index in [1.165, 1.54) is 39.3 Å². The highest BCUT2D eigenvalue weighted by molar-refractivity contribution is 5.70. The monoisotopic (exact) mass is 406 g/mol. The van der Waals surface area contributed by atoms with Gasteiger partial charge >= 0.3 is 6.09 Å². The number of ether oxygens (including phenoxy) is 2. The molecule has 2 atom stereocenters. The van der Waals surface area contributed by atoms with Crippen LogP contribution in [0, 0.1) is 5.92 Å². The molecule has 0 aromatic carbocycles. The zero-order valence-corrected chi connectivity index (χ0v) is 19.7. The summed E-state index contributed by atoms with van der Waals surface area (Å²) >= 11 is 0. The van der Waals surface area contributed by atoms with Crippen molar-refractivity contribution in [3.63, 3.8) is 0 Å². The van der Waals surface area contributed by atoms with Crippen molar-refractivity contribution in [1.29, 1.82) is 0 Å². The third-order valence-electron chi connectivity index (χ3n) is 3.43. The summed E-state index contributed by atoms with van der Waals surface area (Å²) in [7, 11) is 3.49. The minimum absolute atomic E-state index is 0.00662. The van der Waals surface area contributed by atoms with Crippen molar-refractivity contribution in [2.24, 2.45) is 5.92 Å². The number of carbonyl (C=O) groups excluding carboxylic acids is 3. The summed E-state index contributed by atoms with van der Waals surface area (Å²) in [5.41, 5.74) is 0. The van der Waals surface area contributed by atoms with Gasteiger partial charge in [0.1, 0.15) is 6.29 Å². The molecule has 1 aliphatic carbocycles. The van der Waals surface area contributed by atoms with Crippen molar-refractivity contribution in [1.82, 2.24) is 10.2 Å². The van der Waals surface area contributed by atoms with E-state index in [1.54, 1.807) is 6.92 Å². The van der Waals surface area contributed by atoms with Crippen LogP contribution in [-0.2, 0) is 19.1 Å². The van der Waals surface area contributed by atoms with E-state index in [9.17, 15) is 14.4 Å². The Kier molecular flexibility index (Phi) is 36.5. The van der Waals surface area contributed by atoms with E-state index >= 15 is 0 Å². The van der Waals surface area contributed by atoms with Crippen molar-refractivity contribution in [3.05, 3.63) is 0 Å². The van der Waals surface area contributed by atoms with E-state index in [2.05, 4.69) is 40.6 Å². The standard InChI is InChI=1S/C7H13N.C4H7NO3.C3H6O2.C3H8.2C2H6/c1-8-5-6-2-3-7(8)4-6;1-8-4(7)5-2-3-6;1-2-5-3-4;1-3-2;2*1-2/h6-7H,2-5H2,1H3;3H,2H2,1H3,(H,5,7);3H,2H2,1H3;3H2,1-2H3;2*1-2H3. The lowest BCUT2D eigenvalue weighted by atomic mass is 10.1. The lowest BCUT2D eigenvalue weighted by Gasteiger charge is -2.20. The molecule has 2 fully saturated rings. The van der Waals surface area contributed by atoms with Gasteiger partial charge in [-0.05, 0) is 39.2 Å². The highest BCUT2D eigenvalue weighted by atomic mass is 16.5. The molecule has 1 saturated heterocycles. The topological polar surface area (TPSA) is 84.9 Å². The number of rotatable bonds is 4. The second-order valence-corrected chi connectivity index (χ2v) is 5.57. The molecule has 0 aromatic rings. The highest BCUT2D eigenvalue weighted by Crippen LogP contribution is 2.35. The van der Waals surface area contributed by atoms with Crippen molar-refractivity contribution >= 4 is 18.9 Å². The van der Waals surface area contributed by atoms with Crippen molar-refractivity contribution in [2.75, 3.05) is 33.9 Å². The summed E-state index contributed by atoms with van der Waals surface area (Å²) in [4.78, 5) is 31.3. The highest BCUT2D eigenvalue weighted by Gasteiger charge is 2.34. The SMILES string of the molecule is CC.CC.CCC.CCOC=O.CN1CC2CCC1C2.COC(=O)NCC=O. The summed E-state index contributed by atoms with van der Waals surface area (Å²) in [6, 6.07) is 0.972. The van der Waals surface area contributed by atoms with Crippen LogP contribution in [0.1, 0.15) is 74.1 Å². The maximum atomic E-state index is 10.1. The number of nitrogens with zero attached hydrogens (tertiary/aromatic N) is 1. The van der Waals surface area contributed by atoms with Crippen LogP contribution in [0.25, 0.3) is 0 Å². The molecule has 2 rings (SSSR count). The van der Waals surface area contributed by atoms with Gasteiger partial charge in [-0.1, -0.05) is 48.0 Å². The molecule has 1 N–H and O–H groups in total. The maximum Gasteiger partial charge on any atom is 0.407 e. The molecule has 1 saturated carbocycles. The van der Waals surface area contributed by atoms with Gasteiger partial charge < -0.3 is 24.5 Å². The van der Waals surface area contributed by atoms with Crippen molar-refractivity contribution in [2.45, 2.75) is 80.2 Å². The van der Waals surface area contributed by atoms with Gasteiger partial charge in [-0.25, -0.2) is 4.79 Å². The second kappa shape index (κ2) is 30.1. The number of alkyl carbamates (subject to hydrolysis) is 1. The Bertz CT molecular complexity index is 326. The largest absolute Gasteiger partial charge is 0.468 e. The molecule has 0 spiro atoms. The van der Waals surface area contributed by atoms with Crippen molar-refractivity contribution < 1.29 is 23.9 Å². The van der Waals surface area contributed by atoms with E-state index < -0.39 is 6.09 Å². The van der Waals surface area contributed by atoms with E-state index in [1.807, 2.05) is 27.7 Å². The van der Waals surface area contributed by atoms with Gasteiger partial charge in [0, 0.05) is 12.6 Å². The Balaban J connectivity index is -0.000000136. The number of hydrogen-bond acceptors (Lipinski definition) is 6. The molecule has 1 aliphatic heterocycles. The zero-order chi connectivity index (χ0) is 22.8. The first-order valence-corrected chi connectivity index (χ1v) is 10.5. The molecule has 1 amide bonds. The first-order chi connectivity index (χ1) is 13.5. The maximum absolute atomic E-state index is 10.1. The van der Waals surface area contributed by atoms with Crippen LogP contribution in [0.4, 0.5) is 4.79 Å². The van der Waals surface area contributed by atoms with Crippen molar-refractivity contribution in [3.8, 4) is 0 Å². The Labute approximate surface area is 173 Å².